The number of ether oxygens (including phenoxy) is 1. The first-order valence-electron chi connectivity index (χ1n) is 9.17. The maximum Gasteiger partial charge on any atom is 0.234 e. The van der Waals surface area contributed by atoms with E-state index in [0.717, 1.165) is 29.5 Å². The van der Waals surface area contributed by atoms with Crippen LogP contribution < -0.4 is 10.5 Å². The van der Waals surface area contributed by atoms with Gasteiger partial charge in [-0.1, -0.05) is 0 Å². The average molecular weight is 458 g/mol. The lowest BCUT2D eigenvalue weighted by Gasteiger charge is -2.21. The average Bonchev–Trinajstić information content (AvgIpc) is 3.36. The Morgan fingerprint density at radius 3 is 2.76 bits per heavy atom. The number of aromatic nitrogens is 5. The fourth-order valence-electron chi connectivity index (χ4n) is 3.51. The minimum Gasteiger partial charge on any atom is -0.481 e. The molecule has 1 amide bonds. The van der Waals surface area contributed by atoms with E-state index in [2.05, 4.69) is 36.1 Å². The highest BCUT2D eigenvalue weighted by atomic mass is 79.9. The van der Waals surface area contributed by atoms with Crippen LogP contribution in [0.3, 0.4) is 0 Å². The van der Waals surface area contributed by atoms with Gasteiger partial charge in [-0.25, -0.2) is 4.98 Å². The summed E-state index contributed by atoms with van der Waals surface area (Å²) in [5.41, 5.74) is 7.03. The van der Waals surface area contributed by atoms with Gasteiger partial charge in [0.1, 0.15) is 5.69 Å². The molecule has 1 atom stereocenters. The Balaban J connectivity index is 1.76. The van der Waals surface area contributed by atoms with Crippen molar-refractivity contribution in [1.82, 2.24) is 29.6 Å². The Morgan fingerprint density at radius 1 is 1.24 bits per heavy atom. The number of amides is 1. The standard InChI is InChI=1S/C19H20BrN7O2/c1-29-17-7-5-13(10-23-17)27-16(11-26-8-2-3-15(26)18(21)28)24-25-19(27)14-6-4-12(20)9-22-14/h4-7,9-10,15H,2-3,8,11H2,1H3,(H2,21,28)/t15-/m0/s1. The van der Waals surface area contributed by atoms with Gasteiger partial charge < -0.3 is 10.5 Å². The number of carbonyl (C=O) groups is 1. The Labute approximate surface area is 176 Å². The van der Waals surface area contributed by atoms with Crippen molar-refractivity contribution in [2.75, 3.05) is 13.7 Å². The Kier molecular flexibility index (Phi) is 5.54. The van der Waals surface area contributed by atoms with E-state index in [0.29, 0.717) is 29.8 Å². The molecule has 0 bridgehead atoms. The number of nitrogens with zero attached hydrogens (tertiary/aromatic N) is 6. The number of nitrogens with two attached hydrogens (primary N) is 1. The van der Waals surface area contributed by atoms with Crippen LogP contribution in [0.2, 0.25) is 0 Å². The van der Waals surface area contributed by atoms with Gasteiger partial charge in [-0.2, -0.15) is 0 Å². The van der Waals surface area contributed by atoms with E-state index in [1.165, 1.54) is 0 Å². The van der Waals surface area contributed by atoms with Crippen LogP contribution in [0, 0.1) is 0 Å². The number of likely N-dealkylation sites (tertiary alicyclic amines) is 1. The first-order chi connectivity index (χ1) is 14.1. The first kappa shape index (κ1) is 19.5. The molecule has 1 aliphatic heterocycles. The number of halogens is 1. The fourth-order valence-corrected chi connectivity index (χ4v) is 3.74. The van der Waals surface area contributed by atoms with Gasteiger partial charge in [0, 0.05) is 16.7 Å². The van der Waals surface area contributed by atoms with Crippen LogP contribution in [0.15, 0.2) is 41.1 Å². The number of carbonyl (C=O) groups excluding carboxylic acids is 1. The maximum atomic E-state index is 11.8. The molecule has 3 aromatic rings. The predicted octanol–water partition coefficient (Wildman–Crippen LogP) is 1.95. The molecule has 0 aromatic carbocycles. The summed E-state index contributed by atoms with van der Waals surface area (Å²) in [5, 5.41) is 8.78. The molecule has 3 aromatic heterocycles. The summed E-state index contributed by atoms with van der Waals surface area (Å²) in [6, 6.07) is 7.14. The quantitative estimate of drug-likeness (QED) is 0.601. The summed E-state index contributed by atoms with van der Waals surface area (Å²) < 4.78 is 7.94. The van der Waals surface area contributed by atoms with Crippen LogP contribution in [0.5, 0.6) is 5.88 Å². The lowest BCUT2D eigenvalue weighted by Crippen LogP contribution is -2.40. The molecule has 4 rings (SSSR count). The van der Waals surface area contributed by atoms with Crippen molar-refractivity contribution < 1.29 is 9.53 Å². The molecule has 4 heterocycles. The van der Waals surface area contributed by atoms with Gasteiger partial charge in [-0.3, -0.25) is 19.2 Å². The topological polar surface area (TPSA) is 112 Å². The fraction of sp³-hybridized carbons (Fsp3) is 0.316. The SMILES string of the molecule is COc1ccc(-n2c(CN3CCC[C@H]3C(N)=O)nnc2-c2ccc(Br)cn2)cn1. The second kappa shape index (κ2) is 8.26. The van der Waals surface area contributed by atoms with Crippen LogP contribution in [0.4, 0.5) is 0 Å². The molecule has 1 aliphatic rings. The number of hydrogen-bond acceptors (Lipinski definition) is 7. The van der Waals surface area contributed by atoms with Gasteiger partial charge in [0.2, 0.25) is 11.8 Å². The molecule has 0 spiro atoms. The van der Waals surface area contributed by atoms with Crippen molar-refractivity contribution in [3.8, 4) is 23.1 Å². The number of rotatable bonds is 6. The lowest BCUT2D eigenvalue weighted by molar-refractivity contribution is -0.122. The second-order valence-electron chi connectivity index (χ2n) is 6.73. The first-order valence-corrected chi connectivity index (χ1v) is 9.96. The highest BCUT2D eigenvalue weighted by molar-refractivity contribution is 9.10. The molecular formula is C19H20BrN7O2. The highest BCUT2D eigenvalue weighted by Crippen LogP contribution is 2.26. The minimum atomic E-state index is -0.311. The molecule has 2 N–H and O–H groups in total. The number of hydrogen-bond donors (Lipinski definition) is 1. The maximum absolute atomic E-state index is 11.8. The van der Waals surface area contributed by atoms with Crippen LogP contribution >= 0.6 is 15.9 Å². The van der Waals surface area contributed by atoms with E-state index in [-0.39, 0.29) is 11.9 Å². The zero-order valence-corrected chi connectivity index (χ0v) is 17.4. The van der Waals surface area contributed by atoms with Crippen LogP contribution in [-0.2, 0) is 11.3 Å². The zero-order valence-electron chi connectivity index (χ0n) is 15.8. The van der Waals surface area contributed by atoms with E-state index >= 15 is 0 Å². The van der Waals surface area contributed by atoms with Crippen molar-refractivity contribution >= 4 is 21.8 Å². The van der Waals surface area contributed by atoms with E-state index < -0.39 is 0 Å². The molecule has 10 heteroatoms. The molecule has 0 aliphatic carbocycles. The van der Waals surface area contributed by atoms with Gasteiger partial charge in [0.05, 0.1) is 31.6 Å². The van der Waals surface area contributed by atoms with Crippen molar-refractivity contribution in [2.45, 2.75) is 25.4 Å². The summed E-state index contributed by atoms with van der Waals surface area (Å²) in [6.45, 7) is 1.23. The molecule has 0 saturated carbocycles. The molecule has 9 nitrogen and oxygen atoms in total. The van der Waals surface area contributed by atoms with Crippen LogP contribution in [-0.4, -0.2) is 55.2 Å². The van der Waals surface area contributed by atoms with Crippen molar-refractivity contribution in [3.05, 3.63) is 47.0 Å². The van der Waals surface area contributed by atoms with Crippen molar-refractivity contribution in [1.29, 1.82) is 0 Å². The molecule has 1 saturated heterocycles. The third-order valence-electron chi connectivity index (χ3n) is 4.91. The van der Waals surface area contributed by atoms with Gasteiger partial charge >= 0.3 is 0 Å². The summed E-state index contributed by atoms with van der Waals surface area (Å²) >= 11 is 3.40. The zero-order chi connectivity index (χ0) is 20.4. The minimum absolute atomic E-state index is 0.289. The van der Waals surface area contributed by atoms with E-state index in [9.17, 15) is 4.79 Å². The summed E-state index contributed by atoms with van der Waals surface area (Å²) in [5.74, 6) is 1.48. The van der Waals surface area contributed by atoms with Crippen LogP contribution in [0.25, 0.3) is 17.2 Å². The molecule has 29 heavy (non-hydrogen) atoms. The van der Waals surface area contributed by atoms with E-state index in [1.807, 2.05) is 27.7 Å². The third-order valence-corrected chi connectivity index (χ3v) is 5.38. The number of primary amides is 1. The van der Waals surface area contributed by atoms with Gasteiger partial charge in [-0.05, 0) is 53.5 Å². The predicted molar refractivity (Wildman–Crippen MR) is 109 cm³/mol. The third kappa shape index (κ3) is 3.99. The number of methoxy groups -OCH3 is 1. The normalized spacial score (nSPS) is 16.8. The molecular weight excluding hydrogens is 438 g/mol. The Bertz CT molecular complexity index is 1000. The van der Waals surface area contributed by atoms with Gasteiger partial charge in [-0.15, -0.1) is 10.2 Å². The van der Waals surface area contributed by atoms with E-state index in [1.54, 1.807) is 25.6 Å². The lowest BCUT2D eigenvalue weighted by atomic mass is 10.2. The van der Waals surface area contributed by atoms with E-state index in [4.69, 9.17) is 10.5 Å². The molecule has 1 fully saturated rings. The van der Waals surface area contributed by atoms with Crippen LogP contribution in [0.1, 0.15) is 18.7 Å². The summed E-state index contributed by atoms with van der Waals surface area (Å²) in [6.07, 6.45) is 5.09. The molecule has 0 radical (unpaired) electrons. The Morgan fingerprint density at radius 2 is 2.10 bits per heavy atom. The van der Waals surface area contributed by atoms with Gasteiger partial charge in [0.15, 0.2) is 11.6 Å². The summed E-state index contributed by atoms with van der Waals surface area (Å²) in [7, 11) is 1.57. The smallest absolute Gasteiger partial charge is 0.234 e. The van der Waals surface area contributed by atoms with Crippen molar-refractivity contribution in [2.24, 2.45) is 5.73 Å². The largest absolute Gasteiger partial charge is 0.481 e. The second-order valence-corrected chi connectivity index (χ2v) is 7.64. The molecule has 0 unspecified atom stereocenters. The van der Waals surface area contributed by atoms with Crippen molar-refractivity contribution in [3.63, 3.8) is 0 Å². The highest BCUT2D eigenvalue weighted by Gasteiger charge is 2.31. The monoisotopic (exact) mass is 457 g/mol. The van der Waals surface area contributed by atoms with Gasteiger partial charge in [0.25, 0.3) is 0 Å². The Hall–Kier alpha value is -2.85. The summed E-state index contributed by atoms with van der Waals surface area (Å²) in [4.78, 5) is 22.6. The number of pyridine rings is 2. The molecule has 150 valence electrons.